The minimum absolute atomic E-state index is 0.178. The molecule has 2 N–H and O–H groups in total. The smallest absolute Gasteiger partial charge is 0.231 e. The van der Waals surface area contributed by atoms with Gasteiger partial charge in [0.15, 0.2) is 11.5 Å². The molecule has 1 aromatic rings. The van der Waals surface area contributed by atoms with E-state index < -0.39 is 6.10 Å². The zero-order chi connectivity index (χ0) is 11.5. The van der Waals surface area contributed by atoms with Crippen molar-refractivity contribution in [1.82, 2.24) is 0 Å². The molecule has 0 saturated carbocycles. The summed E-state index contributed by atoms with van der Waals surface area (Å²) in [6.45, 7) is -0.0888. The van der Waals surface area contributed by atoms with Gasteiger partial charge in [-0.1, -0.05) is 0 Å². The van der Waals surface area contributed by atoms with Crippen LogP contribution in [0, 0.1) is 0 Å². The molecule has 0 unspecified atom stereocenters. The molecule has 0 bridgehead atoms. The van der Waals surface area contributed by atoms with Crippen LogP contribution in [0.4, 0.5) is 0 Å². The first-order valence-corrected chi connectivity index (χ1v) is 5.00. The van der Waals surface area contributed by atoms with Crippen LogP contribution in [0.2, 0.25) is 0 Å². The molecule has 1 aliphatic heterocycles. The van der Waals surface area contributed by atoms with Gasteiger partial charge in [-0.05, 0) is 17.7 Å². The standard InChI is InChI=1S/C11H14O5/c1-14-9-3-7(2-8(13)5-12)4-10-11(9)16-6-15-10/h3-4,8,12-13H,2,5-6H2,1H3/t8-/m0/s1. The third-order valence-corrected chi connectivity index (χ3v) is 2.40. The Morgan fingerprint density at radius 2 is 2.25 bits per heavy atom. The molecule has 1 heterocycles. The van der Waals surface area contributed by atoms with E-state index in [0.717, 1.165) is 5.56 Å². The second-order valence-corrected chi connectivity index (χ2v) is 3.57. The molecule has 0 radical (unpaired) electrons. The van der Waals surface area contributed by atoms with Crippen LogP contribution in [-0.4, -0.2) is 36.8 Å². The van der Waals surface area contributed by atoms with Gasteiger partial charge in [0.1, 0.15) is 0 Å². The van der Waals surface area contributed by atoms with Crippen LogP contribution in [0.25, 0.3) is 0 Å². The highest BCUT2D eigenvalue weighted by molar-refractivity contribution is 5.55. The maximum Gasteiger partial charge on any atom is 0.231 e. The molecule has 0 saturated heterocycles. The van der Waals surface area contributed by atoms with Crippen molar-refractivity contribution < 1.29 is 24.4 Å². The summed E-state index contributed by atoms with van der Waals surface area (Å²) in [5.41, 5.74) is 0.836. The fourth-order valence-electron chi connectivity index (χ4n) is 1.64. The minimum Gasteiger partial charge on any atom is -0.493 e. The van der Waals surface area contributed by atoms with E-state index in [1.807, 2.05) is 0 Å². The van der Waals surface area contributed by atoms with Crippen LogP contribution in [0.1, 0.15) is 5.56 Å². The Bertz CT molecular complexity index is 377. The Hall–Kier alpha value is -1.46. The fraction of sp³-hybridized carbons (Fsp3) is 0.455. The van der Waals surface area contributed by atoms with E-state index in [1.165, 1.54) is 0 Å². The van der Waals surface area contributed by atoms with Gasteiger partial charge in [0.05, 0.1) is 19.8 Å². The molecular formula is C11H14O5. The fourth-order valence-corrected chi connectivity index (χ4v) is 1.64. The lowest BCUT2D eigenvalue weighted by Crippen LogP contribution is -2.15. The summed E-state index contributed by atoms with van der Waals surface area (Å²) in [7, 11) is 1.55. The van der Waals surface area contributed by atoms with Crippen molar-refractivity contribution in [3.63, 3.8) is 0 Å². The number of benzene rings is 1. The highest BCUT2D eigenvalue weighted by Crippen LogP contribution is 2.41. The number of aliphatic hydroxyl groups excluding tert-OH is 2. The summed E-state index contributed by atoms with van der Waals surface area (Å²) < 4.78 is 15.7. The Kier molecular flexibility index (Phi) is 3.17. The van der Waals surface area contributed by atoms with Crippen molar-refractivity contribution in [3.8, 4) is 17.2 Å². The van der Waals surface area contributed by atoms with Crippen molar-refractivity contribution in [2.24, 2.45) is 0 Å². The molecule has 0 aromatic heterocycles. The van der Waals surface area contributed by atoms with E-state index in [4.69, 9.17) is 19.3 Å². The summed E-state index contributed by atoms with van der Waals surface area (Å²) in [4.78, 5) is 0. The van der Waals surface area contributed by atoms with E-state index in [-0.39, 0.29) is 13.4 Å². The second-order valence-electron chi connectivity index (χ2n) is 3.57. The van der Waals surface area contributed by atoms with Gasteiger partial charge >= 0.3 is 0 Å². The van der Waals surface area contributed by atoms with Crippen LogP contribution in [0.3, 0.4) is 0 Å². The Morgan fingerprint density at radius 3 is 2.94 bits per heavy atom. The maximum absolute atomic E-state index is 9.36. The molecule has 0 amide bonds. The summed E-state index contributed by atoms with van der Waals surface area (Å²) in [6, 6.07) is 3.55. The lowest BCUT2D eigenvalue weighted by molar-refractivity contribution is 0.0954. The maximum atomic E-state index is 9.36. The minimum atomic E-state index is -0.773. The first-order valence-electron chi connectivity index (χ1n) is 5.00. The zero-order valence-electron chi connectivity index (χ0n) is 8.97. The van der Waals surface area contributed by atoms with Crippen LogP contribution in [0.5, 0.6) is 17.2 Å². The van der Waals surface area contributed by atoms with Gasteiger partial charge in [-0.15, -0.1) is 0 Å². The van der Waals surface area contributed by atoms with Crippen LogP contribution in [-0.2, 0) is 6.42 Å². The topological polar surface area (TPSA) is 68.2 Å². The number of rotatable bonds is 4. The first-order chi connectivity index (χ1) is 7.74. The van der Waals surface area contributed by atoms with E-state index in [2.05, 4.69) is 0 Å². The van der Waals surface area contributed by atoms with Crippen LogP contribution >= 0.6 is 0 Å². The van der Waals surface area contributed by atoms with Gasteiger partial charge in [-0.2, -0.15) is 0 Å². The monoisotopic (exact) mass is 226 g/mol. The van der Waals surface area contributed by atoms with E-state index in [0.29, 0.717) is 23.7 Å². The Morgan fingerprint density at radius 1 is 1.44 bits per heavy atom. The molecule has 1 atom stereocenters. The number of hydrogen-bond acceptors (Lipinski definition) is 5. The predicted molar refractivity (Wildman–Crippen MR) is 55.9 cm³/mol. The molecular weight excluding hydrogens is 212 g/mol. The molecule has 5 nitrogen and oxygen atoms in total. The van der Waals surface area contributed by atoms with Gasteiger partial charge in [0.2, 0.25) is 12.5 Å². The predicted octanol–water partition coefficient (Wildman–Crippen LogP) is 0.320. The molecule has 2 rings (SSSR count). The van der Waals surface area contributed by atoms with Gasteiger partial charge in [0, 0.05) is 6.42 Å². The molecule has 0 aliphatic carbocycles. The molecule has 0 fully saturated rings. The highest BCUT2D eigenvalue weighted by atomic mass is 16.7. The van der Waals surface area contributed by atoms with E-state index in [1.54, 1.807) is 19.2 Å². The van der Waals surface area contributed by atoms with Crippen molar-refractivity contribution >= 4 is 0 Å². The summed E-state index contributed by atoms with van der Waals surface area (Å²) in [5, 5.41) is 18.1. The third kappa shape index (κ3) is 2.05. The van der Waals surface area contributed by atoms with Gasteiger partial charge in [-0.25, -0.2) is 0 Å². The zero-order valence-corrected chi connectivity index (χ0v) is 8.97. The normalized spacial score (nSPS) is 14.9. The number of aliphatic hydroxyl groups is 2. The van der Waals surface area contributed by atoms with Gasteiger partial charge < -0.3 is 24.4 Å². The van der Waals surface area contributed by atoms with Gasteiger partial charge in [0.25, 0.3) is 0 Å². The van der Waals surface area contributed by atoms with E-state index in [9.17, 15) is 5.11 Å². The van der Waals surface area contributed by atoms with Gasteiger partial charge in [-0.3, -0.25) is 0 Å². The summed E-state index contributed by atoms with van der Waals surface area (Å²) in [6.07, 6.45) is -0.422. The number of fused-ring (bicyclic) bond motifs is 1. The number of hydrogen-bond donors (Lipinski definition) is 2. The van der Waals surface area contributed by atoms with Crippen molar-refractivity contribution in [3.05, 3.63) is 17.7 Å². The lowest BCUT2D eigenvalue weighted by Gasteiger charge is -2.10. The van der Waals surface area contributed by atoms with Crippen molar-refractivity contribution in [2.45, 2.75) is 12.5 Å². The van der Waals surface area contributed by atoms with Crippen molar-refractivity contribution in [2.75, 3.05) is 20.5 Å². The third-order valence-electron chi connectivity index (χ3n) is 2.40. The number of ether oxygens (including phenoxy) is 3. The van der Waals surface area contributed by atoms with E-state index >= 15 is 0 Å². The molecule has 1 aromatic carbocycles. The quantitative estimate of drug-likeness (QED) is 0.773. The molecule has 88 valence electrons. The van der Waals surface area contributed by atoms with Crippen LogP contribution < -0.4 is 14.2 Å². The molecule has 5 heteroatoms. The first kappa shape index (κ1) is 11.0. The summed E-state index contributed by atoms with van der Waals surface area (Å²) >= 11 is 0. The largest absolute Gasteiger partial charge is 0.493 e. The molecule has 16 heavy (non-hydrogen) atoms. The lowest BCUT2D eigenvalue weighted by atomic mass is 10.1. The molecule has 1 aliphatic rings. The second kappa shape index (κ2) is 4.59. The summed E-state index contributed by atoms with van der Waals surface area (Å²) in [5.74, 6) is 1.78. The molecule has 0 spiro atoms. The number of methoxy groups -OCH3 is 1. The van der Waals surface area contributed by atoms with Crippen LogP contribution in [0.15, 0.2) is 12.1 Å². The average molecular weight is 226 g/mol. The Labute approximate surface area is 93.2 Å². The Balaban J connectivity index is 2.27. The SMILES string of the molecule is COc1cc(C[C@H](O)CO)cc2c1OCO2. The highest BCUT2D eigenvalue weighted by Gasteiger charge is 2.20. The van der Waals surface area contributed by atoms with Crippen molar-refractivity contribution in [1.29, 1.82) is 0 Å². The average Bonchev–Trinajstić information content (AvgIpc) is 2.75.